The quantitative estimate of drug-likeness (QED) is 0.488. The Morgan fingerprint density at radius 3 is 2.12 bits per heavy atom. The highest BCUT2D eigenvalue weighted by molar-refractivity contribution is 5.73. The first-order valence-corrected chi connectivity index (χ1v) is 12.1. The minimum Gasteiger partial charge on any atom is -0.475 e. The van der Waals surface area contributed by atoms with E-state index in [1.807, 2.05) is 30.8 Å². The highest BCUT2D eigenvalue weighted by atomic mass is 19.4. The predicted octanol–water partition coefficient (Wildman–Crippen LogP) is 3.70. The third-order valence-corrected chi connectivity index (χ3v) is 6.20. The number of carboxylic acids is 2. The average molecular weight is 587 g/mol. The van der Waals surface area contributed by atoms with E-state index in [4.69, 9.17) is 29.0 Å². The summed E-state index contributed by atoms with van der Waals surface area (Å²) in [5.74, 6) is -3.87. The lowest BCUT2D eigenvalue weighted by Crippen LogP contribution is -2.64. The van der Waals surface area contributed by atoms with Gasteiger partial charge in [0.15, 0.2) is 0 Å². The van der Waals surface area contributed by atoms with Crippen molar-refractivity contribution < 1.29 is 55.3 Å². The number of hydrogen-bond acceptors (Lipinski definition) is 7. The number of hydrogen-bond donors (Lipinski definition) is 2. The molecule has 40 heavy (non-hydrogen) atoms. The van der Waals surface area contributed by atoms with E-state index in [1.165, 1.54) is 18.5 Å². The van der Waals surface area contributed by atoms with Gasteiger partial charge >= 0.3 is 24.3 Å². The highest BCUT2D eigenvalue weighted by Crippen LogP contribution is 2.37. The molecule has 0 aromatic carbocycles. The molecule has 2 aromatic rings. The fraction of sp³-hybridized carbons (Fsp3) is 0.625. The molecule has 16 heteroatoms. The number of carbonyl (C=O) groups is 2. The number of aromatic nitrogens is 2. The molecule has 226 valence electrons. The zero-order valence-corrected chi connectivity index (χ0v) is 22.1. The van der Waals surface area contributed by atoms with E-state index in [9.17, 15) is 26.3 Å². The second kappa shape index (κ2) is 13.5. The average Bonchev–Trinajstić information content (AvgIpc) is 3.42. The SMILES string of the molecule is Cc1cc(CN2CC3(CCC(CN(C)Cc4ccco4)CO3)C2)n(C)n1.O=C(O)C(F)(F)F.O=C(O)C(F)(F)F. The summed E-state index contributed by atoms with van der Waals surface area (Å²) in [6.45, 7) is 7.92. The van der Waals surface area contributed by atoms with Crippen LogP contribution in [0.4, 0.5) is 26.3 Å². The lowest BCUT2D eigenvalue weighted by Gasteiger charge is -2.53. The summed E-state index contributed by atoms with van der Waals surface area (Å²) in [4.78, 5) is 22.6. The topological polar surface area (TPSA) is 121 Å². The Labute approximate surface area is 226 Å². The normalized spacial score (nSPS) is 18.8. The van der Waals surface area contributed by atoms with Crippen LogP contribution in [-0.4, -0.2) is 93.0 Å². The van der Waals surface area contributed by atoms with Gasteiger partial charge in [-0.05, 0) is 50.9 Å². The van der Waals surface area contributed by atoms with Gasteiger partial charge in [-0.15, -0.1) is 0 Å². The van der Waals surface area contributed by atoms with Crippen molar-refractivity contribution >= 4 is 11.9 Å². The second-order valence-electron chi connectivity index (χ2n) is 9.83. The van der Waals surface area contributed by atoms with Gasteiger partial charge in [0, 0.05) is 33.2 Å². The lowest BCUT2D eigenvalue weighted by molar-refractivity contribution is -0.193. The number of nitrogens with zero attached hydrogens (tertiary/aromatic N) is 4. The Bertz CT molecular complexity index is 1060. The van der Waals surface area contributed by atoms with Crippen LogP contribution in [0.1, 0.15) is 30.0 Å². The summed E-state index contributed by atoms with van der Waals surface area (Å²) in [7, 11) is 4.19. The van der Waals surface area contributed by atoms with E-state index in [-0.39, 0.29) is 5.60 Å². The number of alkyl halides is 6. The standard InChI is InChI=1S/C20H30N4O2.2C2HF3O2/c1-16-9-18(23(3)21-16)11-24-14-20(15-24)7-6-17(13-26-20)10-22(2)12-19-5-4-8-25-19;2*3-2(4,5)1(6)7/h4-5,8-9,17H,6-7,10-15H2,1-3H3;2*(H,6,7). The maximum Gasteiger partial charge on any atom is 0.490 e. The van der Waals surface area contributed by atoms with Crippen molar-refractivity contribution in [2.24, 2.45) is 13.0 Å². The van der Waals surface area contributed by atoms with E-state index in [2.05, 4.69) is 28.0 Å². The maximum atomic E-state index is 10.6. The Morgan fingerprint density at radius 2 is 1.73 bits per heavy atom. The summed E-state index contributed by atoms with van der Waals surface area (Å²) >= 11 is 0. The molecule has 2 saturated heterocycles. The first-order valence-electron chi connectivity index (χ1n) is 12.1. The number of likely N-dealkylation sites (tertiary alicyclic amines) is 1. The highest BCUT2D eigenvalue weighted by Gasteiger charge is 2.46. The third-order valence-electron chi connectivity index (χ3n) is 6.20. The van der Waals surface area contributed by atoms with Crippen molar-refractivity contribution in [2.75, 3.05) is 33.3 Å². The summed E-state index contributed by atoms with van der Waals surface area (Å²) < 4.78 is 77.2. The van der Waals surface area contributed by atoms with Crippen LogP contribution in [0.25, 0.3) is 0 Å². The van der Waals surface area contributed by atoms with Gasteiger partial charge in [0.1, 0.15) is 5.76 Å². The molecule has 0 radical (unpaired) electrons. The van der Waals surface area contributed by atoms with E-state index >= 15 is 0 Å². The molecular formula is C24H32F6N4O6. The van der Waals surface area contributed by atoms with Crippen molar-refractivity contribution in [1.29, 1.82) is 0 Å². The number of aryl methyl sites for hydroxylation is 2. The van der Waals surface area contributed by atoms with Gasteiger partial charge in [0.25, 0.3) is 0 Å². The van der Waals surface area contributed by atoms with Gasteiger partial charge in [-0.25, -0.2) is 9.59 Å². The molecule has 2 aliphatic rings. The molecule has 1 unspecified atom stereocenters. The Kier molecular flexibility index (Phi) is 11.2. The van der Waals surface area contributed by atoms with Crippen LogP contribution < -0.4 is 0 Å². The third kappa shape index (κ3) is 10.5. The lowest BCUT2D eigenvalue weighted by atomic mass is 9.82. The first kappa shape index (κ1) is 33.1. The molecule has 1 spiro atoms. The number of carboxylic acid groups (broad SMARTS) is 2. The van der Waals surface area contributed by atoms with Crippen LogP contribution in [0.2, 0.25) is 0 Å². The Hall–Kier alpha value is -3.11. The van der Waals surface area contributed by atoms with Crippen LogP contribution in [-0.2, 0) is 34.5 Å². The molecule has 0 bridgehead atoms. The van der Waals surface area contributed by atoms with E-state index in [0.717, 1.165) is 50.8 Å². The zero-order chi connectivity index (χ0) is 30.3. The molecule has 1 atom stereocenters. The van der Waals surface area contributed by atoms with Gasteiger partial charge in [-0.1, -0.05) is 0 Å². The van der Waals surface area contributed by atoms with Crippen LogP contribution >= 0.6 is 0 Å². The summed E-state index contributed by atoms with van der Waals surface area (Å²) in [6.07, 6.45) is -6.00. The van der Waals surface area contributed by atoms with Crippen LogP contribution in [0.15, 0.2) is 28.9 Å². The summed E-state index contributed by atoms with van der Waals surface area (Å²) in [5.41, 5.74) is 2.47. The molecule has 2 fully saturated rings. The fourth-order valence-corrected chi connectivity index (χ4v) is 4.41. The number of halogens is 6. The van der Waals surface area contributed by atoms with E-state index in [1.54, 1.807) is 6.26 Å². The van der Waals surface area contributed by atoms with E-state index < -0.39 is 24.3 Å². The fourth-order valence-electron chi connectivity index (χ4n) is 4.41. The van der Waals surface area contributed by atoms with Crippen LogP contribution in [0.5, 0.6) is 0 Å². The second-order valence-corrected chi connectivity index (χ2v) is 9.83. The molecule has 2 aromatic heterocycles. The Morgan fingerprint density at radius 1 is 1.15 bits per heavy atom. The number of rotatable bonds is 6. The van der Waals surface area contributed by atoms with Crippen molar-refractivity contribution in [2.45, 2.75) is 50.8 Å². The molecule has 4 rings (SSSR count). The molecule has 10 nitrogen and oxygen atoms in total. The zero-order valence-electron chi connectivity index (χ0n) is 22.1. The van der Waals surface area contributed by atoms with Crippen LogP contribution in [0, 0.1) is 12.8 Å². The minimum atomic E-state index is -5.08. The van der Waals surface area contributed by atoms with Crippen LogP contribution in [0.3, 0.4) is 0 Å². The number of aliphatic carboxylic acids is 2. The Balaban J connectivity index is 0.000000333. The molecule has 2 aliphatic heterocycles. The smallest absolute Gasteiger partial charge is 0.475 e. The van der Waals surface area contributed by atoms with Gasteiger partial charge in [0.2, 0.25) is 0 Å². The number of furan rings is 1. The van der Waals surface area contributed by atoms with Crippen molar-refractivity contribution in [3.63, 3.8) is 0 Å². The molecular weight excluding hydrogens is 554 g/mol. The van der Waals surface area contributed by atoms with Gasteiger partial charge in [0.05, 0.1) is 36.4 Å². The summed E-state index contributed by atoms with van der Waals surface area (Å²) in [6, 6.07) is 6.17. The first-order chi connectivity index (χ1) is 18.4. The van der Waals surface area contributed by atoms with Gasteiger partial charge < -0.3 is 19.4 Å². The van der Waals surface area contributed by atoms with Crippen molar-refractivity contribution in [1.82, 2.24) is 19.6 Å². The molecule has 0 saturated carbocycles. The molecule has 0 amide bonds. The molecule has 0 aliphatic carbocycles. The summed E-state index contributed by atoms with van der Waals surface area (Å²) in [5, 5.41) is 18.7. The van der Waals surface area contributed by atoms with Gasteiger partial charge in [-0.2, -0.15) is 31.4 Å². The minimum absolute atomic E-state index is 0.101. The predicted molar refractivity (Wildman–Crippen MR) is 127 cm³/mol. The van der Waals surface area contributed by atoms with E-state index in [0.29, 0.717) is 5.92 Å². The maximum absolute atomic E-state index is 10.6. The monoisotopic (exact) mass is 586 g/mol. The molecule has 4 heterocycles. The number of ether oxygens (including phenoxy) is 1. The largest absolute Gasteiger partial charge is 0.490 e. The van der Waals surface area contributed by atoms with Crippen molar-refractivity contribution in [3.05, 3.63) is 41.6 Å². The van der Waals surface area contributed by atoms with Gasteiger partial charge in [-0.3, -0.25) is 14.5 Å². The van der Waals surface area contributed by atoms with Crippen molar-refractivity contribution in [3.8, 4) is 0 Å². The molecule has 2 N–H and O–H groups in total.